The third-order valence-corrected chi connectivity index (χ3v) is 5.32. The van der Waals surface area contributed by atoms with Gasteiger partial charge < -0.3 is 5.11 Å². The molecule has 2 heterocycles. The predicted molar refractivity (Wildman–Crippen MR) is 88.8 cm³/mol. The Morgan fingerprint density at radius 3 is 2.61 bits per heavy atom. The fraction of sp³-hybridized carbons (Fsp3) is 0.579. The number of piperidine rings is 1. The SMILES string of the molecule is CC(C)C[C@@H]1CN2CCc3cc(C=O)c(C=O)cc3[C@H]2C[C@@H]1O. The van der Waals surface area contributed by atoms with Crippen LogP contribution in [-0.4, -0.2) is 41.8 Å². The smallest absolute Gasteiger partial charge is 0.150 e. The second kappa shape index (κ2) is 6.54. The van der Waals surface area contributed by atoms with Gasteiger partial charge in [0.05, 0.1) is 6.10 Å². The number of rotatable bonds is 4. The molecule has 1 fully saturated rings. The minimum Gasteiger partial charge on any atom is -0.393 e. The van der Waals surface area contributed by atoms with Gasteiger partial charge in [-0.3, -0.25) is 14.5 Å². The summed E-state index contributed by atoms with van der Waals surface area (Å²) < 4.78 is 0. The van der Waals surface area contributed by atoms with Gasteiger partial charge in [0, 0.05) is 30.3 Å². The van der Waals surface area contributed by atoms with Gasteiger partial charge in [-0.05, 0) is 54.4 Å². The average molecular weight is 315 g/mol. The third kappa shape index (κ3) is 3.10. The number of nitrogens with zero attached hydrogens (tertiary/aromatic N) is 1. The Hall–Kier alpha value is -1.52. The monoisotopic (exact) mass is 315 g/mol. The summed E-state index contributed by atoms with van der Waals surface area (Å²) in [4.78, 5) is 24.8. The standard InChI is InChI=1S/C19H25NO3/c1-12(2)5-14-9-20-4-3-13-6-15(10-21)16(11-22)7-17(13)18(20)8-19(14)23/h6-7,10-12,14,18-19,23H,3-5,8-9H2,1-2H3/t14-,18-,19+/m1/s1. The molecule has 3 atom stereocenters. The van der Waals surface area contributed by atoms with Crippen molar-refractivity contribution in [3.05, 3.63) is 34.4 Å². The molecule has 0 unspecified atom stereocenters. The van der Waals surface area contributed by atoms with Crippen molar-refractivity contribution in [1.82, 2.24) is 4.90 Å². The Labute approximate surface area is 137 Å². The molecule has 1 saturated heterocycles. The number of aliphatic hydroxyl groups excluding tert-OH is 1. The molecule has 0 spiro atoms. The van der Waals surface area contributed by atoms with Crippen molar-refractivity contribution in [1.29, 1.82) is 0 Å². The second-order valence-corrected chi connectivity index (χ2v) is 7.37. The van der Waals surface area contributed by atoms with Crippen LogP contribution in [0.5, 0.6) is 0 Å². The molecule has 0 aromatic heterocycles. The number of hydrogen-bond acceptors (Lipinski definition) is 4. The fourth-order valence-electron chi connectivity index (χ4n) is 4.22. The molecule has 2 aliphatic rings. The van der Waals surface area contributed by atoms with Crippen molar-refractivity contribution >= 4 is 12.6 Å². The molecule has 3 rings (SSSR count). The molecule has 0 bridgehead atoms. The van der Waals surface area contributed by atoms with Gasteiger partial charge in [-0.2, -0.15) is 0 Å². The molecule has 1 aromatic rings. The molecule has 23 heavy (non-hydrogen) atoms. The Morgan fingerprint density at radius 2 is 1.96 bits per heavy atom. The molecule has 2 aliphatic heterocycles. The van der Waals surface area contributed by atoms with E-state index >= 15 is 0 Å². The van der Waals surface area contributed by atoms with Crippen molar-refractivity contribution in [2.24, 2.45) is 11.8 Å². The Morgan fingerprint density at radius 1 is 1.26 bits per heavy atom. The lowest BCUT2D eigenvalue weighted by atomic mass is 9.78. The summed E-state index contributed by atoms with van der Waals surface area (Å²) in [6.07, 6.45) is 3.87. The first-order valence-corrected chi connectivity index (χ1v) is 8.52. The van der Waals surface area contributed by atoms with E-state index < -0.39 is 0 Å². The van der Waals surface area contributed by atoms with Crippen molar-refractivity contribution in [3.8, 4) is 0 Å². The van der Waals surface area contributed by atoms with Crippen LogP contribution in [0.15, 0.2) is 12.1 Å². The highest BCUT2D eigenvalue weighted by Crippen LogP contribution is 2.40. The first-order valence-electron chi connectivity index (χ1n) is 8.52. The molecule has 0 saturated carbocycles. The van der Waals surface area contributed by atoms with Gasteiger partial charge in [0.2, 0.25) is 0 Å². The van der Waals surface area contributed by atoms with Gasteiger partial charge in [-0.25, -0.2) is 0 Å². The van der Waals surface area contributed by atoms with Crippen molar-refractivity contribution in [2.75, 3.05) is 13.1 Å². The van der Waals surface area contributed by atoms with Gasteiger partial charge in [-0.15, -0.1) is 0 Å². The number of fused-ring (bicyclic) bond motifs is 3. The first kappa shape index (κ1) is 16.3. The molecule has 1 N–H and O–H groups in total. The van der Waals surface area contributed by atoms with Crippen LogP contribution in [0.1, 0.15) is 64.6 Å². The van der Waals surface area contributed by atoms with Crippen LogP contribution in [-0.2, 0) is 6.42 Å². The minimum absolute atomic E-state index is 0.163. The number of carbonyl (C=O) groups is 2. The van der Waals surface area contributed by atoms with Crippen LogP contribution in [0.25, 0.3) is 0 Å². The summed E-state index contributed by atoms with van der Waals surface area (Å²) in [5.74, 6) is 0.910. The van der Waals surface area contributed by atoms with E-state index in [0.29, 0.717) is 29.4 Å². The topological polar surface area (TPSA) is 57.6 Å². The second-order valence-electron chi connectivity index (χ2n) is 7.37. The normalized spacial score (nSPS) is 27.4. The maximum Gasteiger partial charge on any atom is 0.150 e. The molecule has 0 aliphatic carbocycles. The van der Waals surface area contributed by atoms with Gasteiger partial charge in [0.25, 0.3) is 0 Å². The van der Waals surface area contributed by atoms with E-state index in [2.05, 4.69) is 18.7 Å². The summed E-state index contributed by atoms with van der Waals surface area (Å²) in [7, 11) is 0. The van der Waals surface area contributed by atoms with Gasteiger partial charge in [-0.1, -0.05) is 13.8 Å². The van der Waals surface area contributed by atoms with Gasteiger partial charge in [0.15, 0.2) is 12.6 Å². The van der Waals surface area contributed by atoms with Crippen LogP contribution < -0.4 is 0 Å². The van der Waals surface area contributed by atoms with E-state index in [4.69, 9.17) is 0 Å². The van der Waals surface area contributed by atoms with Gasteiger partial charge in [0.1, 0.15) is 0 Å². The van der Waals surface area contributed by atoms with Crippen molar-refractivity contribution < 1.29 is 14.7 Å². The van der Waals surface area contributed by atoms with E-state index in [-0.39, 0.29) is 12.1 Å². The number of benzene rings is 1. The maximum atomic E-state index is 11.2. The zero-order valence-corrected chi connectivity index (χ0v) is 13.9. The number of hydrogen-bond donors (Lipinski definition) is 1. The van der Waals surface area contributed by atoms with Crippen molar-refractivity contribution in [3.63, 3.8) is 0 Å². The molecule has 0 amide bonds. The lowest BCUT2D eigenvalue weighted by Gasteiger charge is -2.46. The molecular formula is C19H25NO3. The maximum absolute atomic E-state index is 11.2. The Balaban J connectivity index is 1.90. The zero-order valence-electron chi connectivity index (χ0n) is 13.9. The lowest BCUT2D eigenvalue weighted by Crippen LogP contribution is -2.48. The highest BCUT2D eigenvalue weighted by Gasteiger charge is 2.38. The quantitative estimate of drug-likeness (QED) is 0.868. The predicted octanol–water partition coefficient (Wildman–Crippen LogP) is 2.64. The molecule has 124 valence electrons. The van der Waals surface area contributed by atoms with E-state index in [0.717, 1.165) is 49.6 Å². The molecule has 1 aromatic carbocycles. The Bertz CT molecular complexity index is 611. The summed E-state index contributed by atoms with van der Waals surface area (Å²) in [5, 5.41) is 10.6. The third-order valence-electron chi connectivity index (χ3n) is 5.32. The molecular weight excluding hydrogens is 290 g/mol. The summed E-state index contributed by atoms with van der Waals surface area (Å²) >= 11 is 0. The zero-order chi connectivity index (χ0) is 16.6. The van der Waals surface area contributed by atoms with Crippen LogP contribution in [0.2, 0.25) is 0 Å². The first-order chi connectivity index (χ1) is 11.0. The summed E-state index contributed by atoms with van der Waals surface area (Å²) in [5.41, 5.74) is 3.19. The van der Waals surface area contributed by atoms with Crippen LogP contribution in [0.3, 0.4) is 0 Å². The van der Waals surface area contributed by atoms with Crippen LogP contribution in [0.4, 0.5) is 0 Å². The number of aliphatic hydroxyl groups is 1. The van der Waals surface area contributed by atoms with Gasteiger partial charge >= 0.3 is 0 Å². The number of carbonyl (C=O) groups excluding carboxylic acids is 2. The lowest BCUT2D eigenvalue weighted by molar-refractivity contribution is -0.0191. The van der Waals surface area contributed by atoms with Crippen molar-refractivity contribution in [2.45, 2.75) is 45.3 Å². The molecule has 4 nitrogen and oxygen atoms in total. The molecule has 4 heteroatoms. The average Bonchev–Trinajstić information content (AvgIpc) is 2.53. The minimum atomic E-state index is -0.296. The fourth-order valence-corrected chi connectivity index (χ4v) is 4.22. The number of aldehydes is 2. The van der Waals surface area contributed by atoms with E-state index in [1.165, 1.54) is 0 Å². The van der Waals surface area contributed by atoms with Crippen LogP contribution >= 0.6 is 0 Å². The van der Waals surface area contributed by atoms with E-state index in [9.17, 15) is 14.7 Å². The highest BCUT2D eigenvalue weighted by atomic mass is 16.3. The summed E-state index contributed by atoms with van der Waals surface area (Å²) in [6, 6.07) is 3.88. The van der Waals surface area contributed by atoms with E-state index in [1.807, 2.05) is 12.1 Å². The van der Waals surface area contributed by atoms with Crippen LogP contribution in [0, 0.1) is 11.8 Å². The highest BCUT2D eigenvalue weighted by molar-refractivity contribution is 5.91. The summed E-state index contributed by atoms with van der Waals surface area (Å²) in [6.45, 7) is 6.26. The molecule has 0 radical (unpaired) electrons. The Kier molecular flexibility index (Phi) is 4.64. The largest absolute Gasteiger partial charge is 0.393 e. The van der Waals surface area contributed by atoms with E-state index in [1.54, 1.807) is 0 Å².